The van der Waals surface area contributed by atoms with Crippen LogP contribution in [0.25, 0.3) is 22.3 Å². The molecule has 0 aliphatic rings. The van der Waals surface area contributed by atoms with Crippen molar-refractivity contribution in [1.82, 2.24) is 0 Å². The number of hydrogen-bond acceptors (Lipinski definition) is 4. The molecular weight excluding hydrogens is 528 g/mol. The first-order chi connectivity index (χ1) is 19.8. The van der Waals surface area contributed by atoms with E-state index < -0.39 is 15.1 Å². The second-order valence-electron chi connectivity index (χ2n) is 10.3. The summed E-state index contributed by atoms with van der Waals surface area (Å²) in [6, 6.07) is 33.9. The predicted octanol–water partition coefficient (Wildman–Crippen LogP) is 7.30. The second-order valence-corrected chi connectivity index (χ2v) is 12.5. The summed E-state index contributed by atoms with van der Waals surface area (Å²) in [6.07, 6.45) is 3.87. The van der Waals surface area contributed by atoms with E-state index in [0.29, 0.717) is 11.1 Å². The number of allylic oxidation sites excluding steroid dienone is 3. The highest BCUT2D eigenvalue weighted by molar-refractivity contribution is 7.92. The van der Waals surface area contributed by atoms with E-state index in [4.69, 9.17) is 0 Å². The summed E-state index contributed by atoms with van der Waals surface area (Å²) in [7, 11) is -3.74. The summed E-state index contributed by atoms with van der Waals surface area (Å²) in [5, 5.41) is 18.0. The van der Waals surface area contributed by atoms with Crippen molar-refractivity contribution in [3.8, 4) is 11.1 Å². The van der Waals surface area contributed by atoms with Gasteiger partial charge < -0.3 is 10.2 Å². The van der Waals surface area contributed by atoms with Gasteiger partial charge in [0.05, 0.1) is 10.1 Å². The van der Waals surface area contributed by atoms with E-state index in [1.807, 2.05) is 42.5 Å². The van der Waals surface area contributed by atoms with Crippen molar-refractivity contribution in [1.29, 1.82) is 0 Å². The first-order valence-electron chi connectivity index (χ1n) is 14.0. The van der Waals surface area contributed by atoms with E-state index in [1.54, 1.807) is 18.2 Å². The molecular formula is C36H38O4S. The van der Waals surface area contributed by atoms with Gasteiger partial charge in [-0.1, -0.05) is 104 Å². The van der Waals surface area contributed by atoms with Gasteiger partial charge in [0.15, 0.2) is 9.84 Å². The summed E-state index contributed by atoms with van der Waals surface area (Å²) >= 11 is 0. The summed E-state index contributed by atoms with van der Waals surface area (Å²) in [6.45, 7) is 5.97. The highest BCUT2D eigenvalue weighted by atomic mass is 32.2. The smallest absolute Gasteiger partial charge is 0.181 e. The Kier molecular flexibility index (Phi) is 10.5. The van der Waals surface area contributed by atoms with Crippen molar-refractivity contribution < 1.29 is 18.6 Å². The average molecular weight is 567 g/mol. The van der Waals surface area contributed by atoms with Crippen LogP contribution in [-0.2, 0) is 16.3 Å². The third-order valence-corrected chi connectivity index (χ3v) is 9.69. The van der Waals surface area contributed by atoms with Gasteiger partial charge >= 0.3 is 0 Å². The molecule has 4 rings (SSSR count). The Morgan fingerprint density at radius 3 is 2.12 bits per heavy atom. The van der Waals surface area contributed by atoms with Crippen LogP contribution in [0.5, 0.6) is 0 Å². The second kappa shape index (κ2) is 14.2. The molecule has 4 aromatic rings. The molecule has 4 aromatic carbocycles. The van der Waals surface area contributed by atoms with Gasteiger partial charge in [0.25, 0.3) is 0 Å². The van der Waals surface area contributed by atoms with Crippen LogP contribution in [0.4, 0.5) is 0 Å². The normalized spacial score (nSPS) is 12.0. The highest BCUT2D eigenvalue weighted by Gasteiger charge is 2.27. The van der Waals surface area contributed by atoms with E-state index in [1.165, 1.54) is 5.56 Å². The van der Waals surface area contributed by atoms with Crippen molar-refractivity contribution in [3.05, 3.63) is 138 Å². The van der Waals surface area contributed by atoms with E-state index >= 15 is 0 Å². The van der Waals surface area contributed by atoms with Crippen LogP contribution in [0.1, 0.15) is 41.5 Å². The molecule has 0 aromatic heterocycles. The molecule has 0 saturated carbocycles. The summed E-state index contributed by atoms with van der Waals surface area (Å²) < 4.78 is 26.7. The number of aliphatic hydroxyl groups is 2. The molecule has 0 heterocycles. The van der Waals surface area contributed by atoms with Crippen molar-refractivity contribution in [2.75, 3.05) is 13.2 Å². The van der Waals surface area contributed by atoms with Crippen LogP contribution in [0.2, 0.25) is 0 Å². The lowest BCUT2D eigenvalue weighted by Crippen LogP contribution is -2.24. The zero-order valence-electron chi connectivity index (χ0n) is 23.5. The van der Waals surface area contributed by atoms with E-state index in [-0.39, 0.29) is 31.0 Å². The van der Waals surface area contributed by atoms with Crippen LogP contribution in [-0.4, -0.2) is 37.1 Å². The highest BCUT2D eigenvalue weighted by Crippen LogP contribution is 2.36. The van der Waals surface area contributed by atoms with Crippen LogP contribution >= 0.6 is 0 Å². The van der Waals surface area contributed by atoms with Gasteiger partial charge in [0.2, 0.25) is 0 Å². The van der Waals surface area contributed by atoms with Crippen molar-refractivity contribution in [3.63, 3.8) is 0 Å². The summed E-state index contributed by atoms with van der Waals surface area (Å²) in [5.74, 6) is 0. The van der Waals surface area contributed by atoms with Crippen LogP contribution in [0.15, 0.2) is 121 Å². The SMILES string of the molecule is C=C(C=C(CCc1ccccc1)c1c(C)cccc1-c1ccccc1)c1cccc(S(=O)(=O)C(CCO)CCO)c1. The van der Waals surface area contributed by atoms with Crippen molar-refractivity contribution in [2.45, 2.75) is 42.8 Å². The van der Waals surface area contributed by atoms with Crippen molar-refractivity contribution in [2.24, 2.45) is 0 Å². The lowest BCUT2D eigenvalue weighted by atomic mass is 9.86. The van der Waals surface area contributed by atoms with Gasteiger partial charge in [-0.05, 0) is 89.3 Å². The zero-order chi connectivity index (χ0) is 29.2. The van der Waals surface area contributed by atoms with Crippen molar-refractivity contribution >= 4 is 21.0 Å². The Hall–Kier alpha value is -3.77. The molecule has 2 N–H and O–H groups in total. The Bertz CT molecular complexity index is 1580. The Labute approximate surface area is 244 Å². The largest absolute Gasteiger partial charge is 0.396 e. The number of rotatable bonds is 13. The molecule has 0 bridgehead atoms. The fourth-order valence-electron chi connectivity index (χ4n) is 5.25. The van der Waals surface area contributed by atoms with Gasteiger partial charge in [-0.25, -0.2) is 8.42 Å². The summed E-state index contributed by atoms with van der Waals surface area (Å²) in [4.78, 5) is 0.170. The first-order valence-corrected chi connectivity index (χ1v) is 15.5. The maximum atomic E-state index is 13.4. The van der Waals surface area contributed by atoms with E-state index in [2.05, 4.69) is 62.0 Å². The molecule has 41 heavy (non-hydrogen) atoms. The predicted molar refractivity (Wildman–Crippen MR) is 169 cm³/mol. The van der Waals surface area contributed by atoms with Crippen LogP contribution in [0, 0.1) is 6.92 Å². The molecule has 0 aliphatic carbocycles. The topological polar surface area (TPSA) is 74.6 Å². The monoisotopic (exact) mass is 566 g/mol. The first kappa shape index (κ1) is 30.2. The average Bonchev–Trinajstić information content (AvgIpc) is 3.00. The standard InChI is InChI=1S/C36H38O4S/c1-27-11-9-18-35(30-14-7-4-8-15-30)36(27)32(20-19-29-12-5-3-6-13-29)25-28(2)31-16-10-17-34(26-31)41(39,40)33(21-23-37)22-24-38/h3-18,25-26,33,37-38H,2,19-24H2,1H3. The number of benzene rings is 4. The fraction of sp³-hybridized carbons (Fsp3) is 0.222. The summed E-state index contributed by atoms with van der Waals surface area (Å²) in [5.41, 5.74) is 8.39. The fourth-order valence-corrected chi connectivity index (χ4v) is 7.02. The molecule has 0 saturated heterocycles. The molecule has 4 nitrogen and oxygen atoms in total. The molecule has 0 spiro atoms. The molecule has 0 unspecified atom stereocenters. The van der Waals surface area contributed by atoms with Gasteiger partial charge in [0.1, 0.15) is 0 Å². The van der Waals surface area contributed by atoms with Crippen LogP contribution in [0.3, 0.4) is 0 Å². The van der Waals surface area contributed by atoms with E-state index in [9.17, 15) is 18.6 Å². The molecule has 0 fully saturated rings. The molecule has 212 valence electrons. The van der Waals surface area contributed by atoms with Gasteiger partial charge in [-0.15, -0.1) is 0 Å². The lowest BCUT2D eigenvalue weighted by molar-refractivity contribution is 0.257. The van der Waals surface area contributed by atoms with E-state index in [0.717, 1.165) is 40.7 Å². The minimum atomic E-state index is -3.74. The number of hydrogen-bond donors (Lipinski definition) is 2. The zero-order valence-corrected chi connectivity index (χ0v) is 24.4. The third-order valence-electron chi connectivity index (χ3n) is 7.43. The minimum absolute atomic E-state index is 0.0765. The Morgan fingerprint density at radius 2 is 1.46 bits per heavy atom. The number of aryl methyl sites for hydroxylation is 2. The molecule has 0 amide bonds. The van der Waals surface area contributed by atoms with Gasteiger partial charge in [-0.2, -0.15) is 0 Å². The number of sulfone groups is 1. The molecule has 0 atom stereocenters. The van der Waals surface area contributed by atoms with Gasteiger partial charge in [-0.3, -0.25) is 0 Å². The Balaban J connectivity index is 1.77. The third kappa shape index (κ3) is 7.50. The Morgan fingerprint density at radius 1 is 0.829 bits per heavy atom. The quantitative estimate of drug-likeness (QED) is 0.167. The molecule has 0 aliphatic heterocycles. The minimum Gasteiger partial charge on any atom is -0.396 e. The lowest BCUT2D eigenvalue weighted by Gasteiger charge is -2.18. The maximum absolute atomic E-state index is 13.4. The number of aliphatic hydroxyl groups excluding tert-OH is 2. The van der Waals surface area contributed by atoms with Crippen LogP contribution < -0.4 is 0 Å². The van der Waals surface area contributed by atoms with Gasteiger partial charge in [0, 0.05) is 13.2 Å². The molecule has 0 radical (unpaired) electrons. The maximum Gasteiger partial charge on any atom is 0.181 e. The molecule has 5 heteroatoms.